The zero-order valence-corrected chi connectivity index (χ0v) is 13.2. The van der Waals surface area contributed by atoms with Crippen LogP contribution in [0, 0.1) is 0 Å². The first-order chi connectivity index (χ1) is 9.93. The molecular formula is C19H24ClN. The van der Waals surface area contributed by atoms with Crippen LogP contribution in [0.15, 0.2) is 54.6 Å². The SMILES string of the molecule is [Cl-].c1ccc(-c2ccc(C3CCCCCC[NH2+]3)cc2)cc1. The van der Waals surface area contributed by atoms with Crippen LogP contribution in [0.1, 0.15) is 43.7 Å². The Labute approximate surface area is 134 Å². The predicted molar refractivity (Wildman–Crippen MR) is 84.5 cm³/mol. The molecule has 0 radical (unpaired) electrons. The van der Waals surface area contributed by atoms with Crippen LogP contribution >= 0.6 is 0 Å². The minimum Gasteiger partial charge on any atom is -1.00 e. The Morgan fingerprint density at radius 2 is 1.38 bits per heavy atom. The summed E-state index contributed by atoms with van der Waals surface area (Å²) in [4.78, 5) is 0. The molecule has 2 heteroatoms. The van der Waals surface area contributed by atoms with Crippen molar-refractivity contribution in [2.45, 2.75) is 38.1 Å². The summed E-state index contributed by atoms with van der Waals surface area (Å²) in [6, 6.07) is 20.5. The molecule has 1 nitrogen and oxygen atoms in total. The highest BCUT2D eigenvalue weighted by Gasteiger charge is 2.16. The Morgan fingerprint density at radius 1 is 0.714 bits per heavy atom. The van der Waals surface area contributed by atoms with Crippen molar-refractivity contribution < 1.29 is 17.7 Å². The summed E-state index contributed by atoms with van der Waals surface area (Å²) in [6.07, 6.45) is 6.90. The Morgan fingerprint density at radius 3 is 2.14 bits per heavy atom. The van der Waals surface area contributed by atoms with Crippen molar-refractivity contribution in [3.05, 3.63) is 60.2 Å². The molecule has 21 heavy (non-hydrogen) atoms. The number of hydrogen-bond donors (Lipinski definition) is 1. The fourth-order valence-corrected chi connectivity index (χ4v) is 3.16. The van der Waals surface area contributed by atoms with Crippen LogP contribution in [0.3, 0.4) is 0 Å². The van der Waals surface area contributed by atoms with Gasteiger partial charge in [-0.2, -0.15) is 0 Å². The van der Waals surface area contributed by atoms with Crippen LogP contribution in [0.2, 0.25) is 0 Å². The third-order valence-corrected chi connectivity index (χ3v) is 4.37. The second-order valence-corrected chi connectivity index (χ2v) is 5.82. The quantitative estimate of drug-likeness (QED) is 0.850. The van der Waals surface area contributed by atoms with E-state index in [0.29, 0.717) is 6.04 Å². The average molecular weight is 302 g/mol. The van der Waals surface area contributed by atoms with E-state index in [-0.39, 0.29) is 12.4 Å². The first kappa shape index (κ1) is 16.1. The molecule has 2 aromatic rings. The molecule has 1 unspecified atom stereocenters. The van der Waals surface area contributed by atoms with Gasteiger partial charge in [0.25, 0.3) is 0 Å². The first-order valence-corrected chi connectivity index (χ1v) is 7.92. The lowest BCUT2D eigenvalue weighted by atomic mass is 9.96. The Hall–Kier alpha value is -1.31. The number of quaternary nitrogens is 1. The highest BCUT2D eigenvalue weighted by atomic mass is 35.5. The van der Waals surface area contributed by atoms with Crippen molar-refractivity contribution >= 4 is 0 Å². The highest BCUT2D eigenvalue weighted by Crippen LogP contribution is 2.23. The monoisotopic (exact) mass is 301 g/mol. The number of benzene rings is 2. The summed E-state index contributed by atoms with van der Waals surface area (Å²) >= 11 is 0. The Bertz CT molecular complexity index is 513. The fourth-order valence-electron chi connectivity index (χ4n) is 3.16. The number of nitrogens with two attached hydrogens (primary N) is 1. The molecule has 0 saturated carbocycles. The average Bonchev–Trinajstić information content (AvgIpc) is 2.48. The molecule has 0 aliphatic carbocycles. The van der Waals surface area contributed by atoms with Gasteiger partial charge >= 0.3 is 0 Å². The second-order valence-electron chi connectivity index (χ2n) is 5.82. The fraction of sp³-hybridized carbons (Fsp3) is 0.368. The van der Waals surface area contributed by atoms with Gasteiger partial charge in [-0.15, -0.1) is 0 Å². The van der Waals surface area contributed by atoms with E-state index in [9.17, 15) is 0 Å². The van der Waals surface area contributed by atoms with E-state index in [1.807, 2.05) is 0 Å². The molecule has 3 rings (SSSR count). The van der Waals surface area contributed by atoms with Gasteiger partial charge in [-0.1, -0.05) is 61.0 Å². The van der Waals surface area contributed by atoms with Gasteiger partial charge in [-0.25, -0.2) is 0 Å². The number of hydrogen-bond acceptors (Lipinski definition) is 0. The maximum absolute atomic E-state index is 2.54. The smallest absolute Gasteiger partial charge is 0.112 e. The van der Waals surface area contributed by atoms with Gasteiger partial charge in [-0.05, 0) is 30.4 Å². The van der Waals surface area contributed by atoms with Gasteiger partial charge in [0.2, 0.25) is 0 Å². The van der Waals surface area contributed by atoms with Crippen molar-refractivity contribution in [2.75, 3.05) is 6.54 Å². The van der Waals surface area contributed by atoms with Crippen molar-refractivity contribution in [3.8, 4) is 11.1 Å². The van der Waals surface area contributed by atoms with E-state index in [0.717, 1.165) is 0 Å². The second kappa shape index (κ2) is 8.21. The molecule has 1 saturated heterocycles. The largest absolute Gasteiger partial charge is 1.00 e. The van der Waals surface area contributed by atoms with Crippen LogP contribution in [0.5, 0.6) is 0 Å². The van der Waals surface area contributed by atoms with Crippen LogP contribution in [0.4, 0.5) is 0 Å². The van der Waals surface area contributed by atoms with Crippen LogP contribution in [-0.4, -0.2) is 6.54 Å². The van der Waals surface area contributed by atoms with E-state index in [4.69, 9.17) is 0 Å². The Kier molecular flexibility index (Phi) is 6.28. The molecule has 0 spiro atoms. The first-order valence-electron chi connectivity index (χ1n) is 7.92. The molecule has 2 N–H and O–H groups in total. The standard InChI is InChI=1S/C19H23N.ClH/c1-2-7-15-20-19(10-6-1)18-13-11-17(12-14-18)16-8-4-3-5-9-16;/h3-5,8-9,11-14,19-20H,1-2,6-7,10,15H2;1H. The molecule has 1 aliphatic heterocycles. The summed E-state index contributed by atoms with van der Waals surface area (Å²) in [5.41, 5.74) is 4.12. The Balaban J connectivity index is 0.00000161. The minimum absolute atomic E-state index is 0. The number of rotatable bonds is 2. The van der Waals surface area contributed by atoms with E-state index < -0.39 is 0 Å². The van der Waals surface area contributed by atoms with Gasteiger partial charge in [0.05, 0.1) is 6.54 Å². The topological polar surface area (TPSA) is 16.6 Å². The van der Waals surface area contributed by atoms with Gasteiger partial charge in [-0.3, -0.25) is 0 Å². The summed E-state index contributed by atoms with van der Waals surface area (Å²) in [5, 5.41) is 2.54. The molecule has 0 amide bonds. The lowest BCUT2D eigenvalue weighted by Gasteiger charge is -2.19. The van der Waals surface area contributed by atoms with Gasteiger partial charge in [0, 0.05) is 12.0 Å². The van der Waals surface area contributed by atoms with Crippen molar-refractivity contribution in [2.24, 2.45) is 0 Å². The van der Waals surface area contributed by atoms with Crippen molar-refractivity contribution in [1.29, 1.82) is 0 Å². The minimum atomic E-state index is 0. The van der Waals surface area contributed by atoms with E-state index in [1.54, 1.807) is 0 Å². The third kappa shape index (κ3) is 4.33. The van der Waals surface area contributed by atoms with Gasteiger partial charge in [0.1, 0.15) is 6.04 Å². The summed E-state index contributed by atoms with van der Waals surface area (Å²) in [5.74, 6) is 0. The molecule has 2 aromatic carbocycles. The van der Waals surface area contributed by atoms with Crippen LogP contribution in [0.25, 0.3) is 11.1 Å². The van der Waals surface area contributed by atoms with Gasteiger partial charge < -0.3 is 17.7 Å². The molecule has 112 valence electrons. The normalized spacial score (nSPS) is 19.1. The number of halogens is 1. The molecule has 1 fully saturated rings. The molecule has 1 heterocycles. The lowest BCUT2D eigenvalue weighted by molar-refractivity contribution is -0.698. The molecule has 1 aliphatic rings. The molecule has 0 bridgehead atoms. The summed E-state index contributed by atoms with van der Waals surface area (Å²) in [7, 11) is 0. The van der Waals surface area contributed by atoms with Crippen molar-refractivity contribution in [1.82, 2.24) is 0 Å². The van der Waals surface area contributed by atoms with Gasteiger partial charge in [0.15, 0.2) is 0 Å². The third-order valence-electron chi connectivity index (χ3n) is 4.37. The lowest BCUT2D eigenvalue weighted by Crippen LogP contribution is -3.00. The molecular weight excluding hydrogens is 278 g/mol. The van der Waals surface area contributed by atoms with Crippen LogP contribution in [-0.2, 0) is 0 Å². The molecule has 1 atom stereocenters. The summed E-state index contributed by atoms with van der Waals surface area (Å²) < 4.78 is 0. The maximum Gasteiger partial charge on any atom is 0.112 e. The van der Waals surface area contributed by atoms with E-state index in [1.165, 1.54) is 55.3 Å². The zero-order valence-electron chi connectivity index (χ0n) is 12.5. The predicted octanol–water partition coefficient (Wildman–Crippen LogP) is 0.926. The highest BCUT2D eigenvalue weighted by molar-refractivity contribution is 5.63. The summed E-state index contributed by atoms with van der Waals surface area (Å²) in [6.45, 7) is 1.28. The van der Waals surface area contributed by atoms with Crippen molar-refractivity contribution in [3.63, 3.8) is 0 Å². The van der Waals surface area contributed by atoms with E-state index in [2.05, 4.69) is 59.9 Å². The molecule has 0 aromatic heterocycles. The van der Waals surface area contributed by atoms with E-state index >= 15 is 0 Å². The maximum atomic E-state index is 2.54. The zero-order chi connectivity index (χ0) is 13.6. The van der Waals surface area contributed by atoms with Crippen LogP contribution < -0.4 is 17.7 Å².